The molecule has 0 heterocycles. The van der Waals surface area contributed by atoms with E-state index in [2.05, 4.69) is 4.94 Å². The Kier molecular flexibility index (Phi) is 3.33. The van der Waals surface area contributed by atoms with E-state index in [0.717, 1.165) is 6.92 Å². The Bertz CT molecular complexity index is 136. The highest BCUT2D eigenvalue weighted by molar-refractivity contribution is 7.80. The van der Waals surface area contributed by atoms with Crippen molar-refractivity contribution in [3.8, 4) is 0 Å². The molecule has 0 spiro atoms. The lowest BCUT2D eigenvalue weighted by molar-refractivity contribution is -0.182. The van der Waals surface area contributed by atoms with Crippen molar-refractivity contribution >= 4 is 17.0 Å². The van der Waals surface area contributed by atoms with Gasteiger partial charge in [-0.15, -0.1) is 0 Å². The Hall–Kier alpha value is -0.490. The van der Waals surface area contributed by atoms with Crippen molar-refractivity contribution in [3.05, 3.63) is 0 Å². The van der Waals surface area contributed by atoms with Crippen LogP contribution in [0.25, 0.3) is 0 Å². The highest BCUT2D eigenvalue weighted by atomic mass is 32.2. The number of hydrogen-bond donors (Lipinski definition) is 1. The van der Waals surface area contributed by atoms with Gasteiger partial charge in [-0.1, -0.05) is 0 Å². The summed E-state index contributed by atoms with van der Waals surface area (Å²) in [7, 11) is 0. The van der Waals surface area contributed by atoms with Gasteiger partial charge in [-0.2, -0.15) is 0 Å². The first-order valence-electron chi connectivity index (χ1n) is 2.01. The van der Waals surface area contributed by atoms with E-state index in [9.17, 15) is 13.5 Å². The molecule has 0 saturated carbocycles. The Labute approximate surface area is 53.2 Å². The SMILES string of the molecule is CC(C(=O)OF)S(=O)O. The maximum atomic E-state index is 10.9. The summed E-state index contributed by atoms with van der Waals surface area (Å²) in [4.78, 5) is 12.7. The van der Waals surface area contributed by atoms with Crippen molar-refractivity contribution < 1.29 is 23.0 Å². The van der Waals surface area contributed by atoms with Crippen LogP contribution in [0.3, 0.4) is 0 Å². The third kappa shape index (κ3) is 2.52. The highest BCUT2D eigenvalue weighted by Gasteiger charge is 2.20. The molecule has 0 aromatic rings. The number of rotatable bonds is 2. The van der Waals surface area contributed by atoms with E-state index in [0.29, 0.717) is 0 Å². The average Bonchev–Trinajstić information content (AvgIpc) is 1.84. The molecule has 0 fully saturated rings. The minimum absolute atomic E-state index is 1.08. The summed E-state index contributed by atoms with van der Waals surface area (Å²) in [6.07, 6.45) is 0. The second kappa shape index (κ2) is 3.52. The zero-order valence-electron chi connectivity index (χ0n) is 4.54. The number of carbonyl (C=O) groups is 1. The highest BCUT2D eigenvalue weighted by Crippen LogP contribution is 1.95. The van der Waals surface area contributed by atoms with Gasteiger partial charge in [-0.25, -0.2) is 9.00 Å². The predicted molar refractivity (Wildman–Crippen MR) is 27.4 cm³/mol. The number of hydrogen-bond acceptors (Lipinski definition) is 3. The van der Waals surface area contributed by atoms with Crippen LogP contribution in [0.4, 0.5) is 4.53 Å². The maximum absolute atomic E-state index is 10.9. The van der Waals surface area contributed by atoms with E-state index in [1.54, 1.807) is 0 Å². The second-order valence-electron chi connectivity index (χ2n) is 1.31. The molecular weight excluding hydrogens is 151 g/mol. The smallest absolute Gasteiger partial charge is 0.305 e. The van der Waals surface area contributed by atoms with Crippen molar-refractivity contribution in [2.75, 3.05) is 0 Å². The second-order valence-corrected chi connectivity index (χ2v) is 2.57. The molecule has 6 heteroatoms. The first-order valence-corrected chi connectivity index (χ1v) is 3.18. The lowest BCUT2D eigenvalue weighted by Crippen LogP contribution is -2.21. The van der Waals surface area contributed by atoms with Gasteiger partial charge in [0.1, 0.15) is 0 Å². The van der Waals surface area contributed by atoms with E-state index < -0.39 is 22.3 Å². The largest absolute Gasteiger partial charge is 0.366 e. The molecule has 0 aliphatic heterocycles. The summed E-state index contributed by atoms with van der Waals surface area (Å²) in [6, 6.07) is 0. The Morgan fingerprint density at radius 1 is 1.89 bits per heavy atom. The van der Waals surface area contributed by atoms with Crippen molar-refractivity contribution in [3.63, 3.8) is 0 Å². The first kappa shape index (κ1) is 8.51. The molecule has 0 rings (SSSR count). The molecule has 0 amide bonds. The molecule has 2 atom stereocenters. The van der Waals surface area contributed by atoms with Gasteiger partial charge in [-0.3, -0.25) is 4.94 Å². The van der Waals surface area contributed by atoms with Crippen LogP contribution in [-0.2, 0) is 20.8 Å². The maximum Gasteiger partial charge on any atom is 0.366 e. The van der Waals surface area contributed by atoms with Crippen molar-refractivity contribution in [2.24, 2.45) is 0 Å². The van der Waals surface area contributed by atoms with E-state index in [-0.39, 0.29) is 0 Å². The quantitative estimate of drug-likeness (QED) is 0.572. The topological polar surface area (TPSA) is 63.6 Å². The summed E-state index contributed by atoms with van der Waals surface area (Å²) in [5.41, 5.74) is 0. The normalized spacial score (nSPS) is 16.3. The summed E-state index contributed by atoms with van der Waals surface area (Å²) in [6.45, 7) is 1.08. The minimum atomic E-state index is -2.35. The lowest BCUT2D eigenvalue weighted by atomic mass is 10.5. The van der Waals surface area contributed by atoms with Gasteiger partial charge in [0.05, 0.1) is 0 Å². The third-order valence-corrected chi connectivity index (χ3v) is 1.51. The fourth-order valence-corrected chi connectivity index (χ4v) is 0.346. The Morgan fingerprint density at radius 2 is 2.33 bits per heavy atom. The molecule has 2 unspecified atom stereocenters. The Balaban J connectivity index is 3.88. The van der Waals surface area contributed by atoms with Gasteiger partial charge < -0.3 is 4.55 Å². The minimum Gasteiger partial charge on any atom is -0.305 e. The zero-order chi connectivity index (χ0) is 7.44. The lowest BCUT2D eigenvalue weighted by Gasteiger charge is -1.97. The van der Waals surface area contributed by atoms with Crippen LogP contribution in [0.5, 0.6) is 0 Å². The molecule has 0 aliphatic rings. The number of carbonyl (C=O) groups excluding carboxylic acids is 1. The third-order valence-electron chi connectivity index (χ3n) is 0.710. The fraction of sp³-hybridized carbons (Fsp3) is 0.667. The van der Waals surface area contributed by atoms with Gasteiger partial charge >= 0.3 is 5.97 Å². The van der Waals surface area contributed by atoms with Crippen LogP contribution in [0.1, 0.15) is 6.92 Å². The Morgan fingerprint density at radius 3 is 2.44 bits per heavy atom. The molecule has 0 bridgehead atoms. The molecule has 1 N–H and O–H groups in total. The summed E-state index contributed by atoms with van der Waals surface area (Å²) in [5.74, 6) is -1.34. The average molecular weight is 156 g/mol. The van der Waals surface area contributed by atoms with E-state index in [1.165, 1.54) is 0 Å². The summed E-state index contributed by atoms with van der Waals surface area (Å²) < 4.78 is 29.0. The van der Waals surface area contributed by atoms with Crippen LogP contribution in [-0.4, -0.2) is 20.0 Å². The zero-order valence-corrected chi connectivity index (χ0v) is 5.35. The van der Waals surface area contributed by atoms with Gasteiger partial charge in [0.2, 0.25) is 0 Å². The van der Waals surface area contributed by atoms with Crippen molar-refractivity contribution in [1.82, 2.24) is 0 Å². The standard InChI is InChI=1S/C3H5FO4S/c1-2(9(6)7)3(5)8-4/h2H,1H3,(H,6,7). The van der Waals surface area contributed by atoms with Crippen LogP contribution in [0, 0.1) is 0 Å². The van der Waals surface area contributed by atoms with Crippen LogP contribution >= 0.6 is 0 Å². The van der Waals surface area contributed by atoms with Gasteiger partial charge in [0, 0.05) is 4.53 Å². The van der Waals surface area contributed by atoms with Gasteiger partial charge in [0.25, 0.3) is 0 Å². The first-order chi connectivity index (χ1) is 4.09. The van der Waals surface area contributed by atoms with Crippen LogP contribution < -0.4 is 0 Å². The predicted octanol–water partition coefficient (Wildman–Crippen LogP) is 0.0243. The molecule has 0 radical (unpaired) electrons. The molecule has 4 nitrogen and oxygen atoms in total. The molecule has 0 aliphatic carbocycles. The summed E-state index contributed by atoms with van der Waals surface area (Å²) in [5, 5.41) is -1.32. The van der Waals surface area contributed by atoms with Gasteiger partial charge in [-0.05, 0) is 6.92 Å². The molecule has 0 aromatic heterocycles. The van der Waals surface area contributed by atoms with Gasteiger partial charge in [0.15, 0.2) is 16.3 Å². The van der Waals surface area contributed by atoms with E-state index in [1.807, 2.05) is 0 Å². The van der Waals surface area contributed by atoms with E-state index in [4.69, 9.17) is 4.55 Å². The fourth-order valence-electron chi connectivity index (χ4n) is 0.145. The van der Waals surface area contributed by atoms with Crippen molar-refractivity contribution in [2.45, 2.75) is 12.2 Å². The monoisotopic (exact) mass is 156 g/mol. The molecular formula is C3H5FO4S. The molecule has 0 saturated heterocycles. The number of halogens is 1. The molecule has 9 heavy (non-hydrogen) atoms. The van der Waals surface area contributed by atoms with Crippen LogP contribution in [0.15, 0.2) is 0 Å². The van der Waals surface area contributed by atoms with Crippen molar-refractivity contribution in [1.29, 1.82) is 0 Å². The molecule has 54 valence electrons. The van der Waals surface area contributed by atoms with E-state index >= 15 is 0 Å². The van der Waals surface area contributed by atoms with Crippen LogP contribution in [0.2, 0.25) is 0 Å². The summed E-state index contributed by atoms with van der Waals surface area (Å²) >= 11 is -2.35. The molecule has 0 aromatic carbocycles.